The number of aldehydes is 1. The largest absolute Gasteiger partial charge is 0.481 e. The Kier molecular flexibility index (Phi) is 4.40. The van der Waals surface area contributed by atoms with Gasteiger partial charge >= 0.3 is 5.97 Å². The lowest BCUT2D eigenvalue weighted by Crippen LogP contribution is -2.17. The number of carboxylic acids is 1. The number of nitrogens with zero attached hydrogens (tertiary/aromatic N) is 2. The SMILES string of the molecule is Nc1nc(C(CO/N=C/C=O)C(=O)O)cs1. The van der Waals surface area contributed by atoms with Crippen molar-refractivity contribution >= 4 is 34.9 Å². The molecule has 86 valence electrons. The molecule has 0 aliphatic rings. The minimum Gasteiger partial charge on any atom is -0.481 e. The lowest BCUT2D eigenvalue weighted by atomic mass is 10.1. The summed E-state index contributed by atoms with van der Waals surface area (Å²) in [4.78, 5) is 29.3. The third-order valence-corrected chi connectivity index (χ3v) is 2.32. The molecular formula is C8H9N3O4S. The van der Waals surface area contributed by atoms with Crippen LogP contribution < -0.4 is 5.73 Å². The fourth-order valence-electron chi connectivity index (χ4n) is 0.929. The highest BCUT2D eigenvalue weighted by atomic mass is 32.1. The molecule has 0 saturated carbocycles. The van der Waals surface area contributed by atoms with Crippen molar-refractivity contribution in [2.45, 2.75) is 5.92 Å². The predicted molar refractivity (Wildman–Crippen MR) is 57.4 cm³/mol. The molecule has 1 aromatic heterocycles. The summed E-state index contributed by atoms with van der Waals surface area (Å²) in [7, 11) is 0. The Bertz CT molecular complexity index is 404. The molecule has 1 atom stereocenters. The third-order valence-electron chi connectivity index (χ3n) is 1.63. The van der Waals surface area contributed by atoms with Crippen molar-refractivity contribution in [1.82, 2.24) is 4.98 Å². The van der Waals surface area contributed by atoms with Crippen LogP contribution in [-0.2, 0) is 14.4 Å². The first-order valence-corrected chi connectivity index (χ1v) is 5.06. The summed E-state index contributed by atoms with van der Waals surface area (Å²) < 4.78 is 0. The first kappa shape index (κ1) is 12.1. The van der Waals surface area contributed by atoms with Gasteiger partial charge in [0.15, 0.2) is 11.4 Å². The number of aliphatic carboxylic acids is 1. The highest BCUT2D eigenvalue weighted by Crippen LogP contribution is 2.20. The first-order chi connectivity index (χ1) is 7.65. The molecule has 1 aromatic rings. The van der Waals surface area contributed by atoms with Crippen LogP contribution in [0.5, 0.6) is 0 Å². The maximum absolute atomic E-state index is 10.9. The van der Waals surface area contributed by atoms with Gasteiger partial charge in [-0.15, -0.1) is 11.3 Å². The zero-order valence-electron chi connectivity index (χ0n) is 8.07. The summed E-state index contributed by atoms with van der Waals surface area (Å²) >= 11 is 1.15. The van der Waals surface area contributed by atoms with E-state index in [0.717, 1.165) is 17.6 Å². The van der Waals surface area contributed by atoms with Crippen LogP contribution in [0.25, 0.3) is 0 Å². The van der Waals surface area contributed by atoms with Crippen LogP contribution in [-0.4, -0.2) is 35.2 Å². The van der Waals surface area contributed by atoms with Crippen molar-refractivity contribution in [3.63, 3.8) is 0 Å². The van der Waals surface area contributed by atoms with Crippen LogP contribution in [0.15, 0.2) is 10.5 Å². The molecule has 0 radical (unpaired) electrons. The summed E-state index contributed by atoms with van der Waals surface area (Å²) in [6.07, 6.45) is 1.31. The molecule has 1 unspecified atom stereocenters. The van der Waals surface area contributed by atoms with Crippen LogP contribution >= 0.6 is 11.3 Å². The molecule has 0 aromatic carbocycles. The Labute approximate surface area is 94.5 Å². The monoisotopic (exact) mass is 243 g/mol. The van der Waals surface area contributed by atoms with Gasteiger partial charge in [-0.3, -0.25) is 9.59 Å². The van der Waals surface area contributed by atoms with Gasteiger partial charge < -0.3 is 15.7 Å². The van der Waals surface area contributed by atoms with Crippen molar-refractivity contribution < 1.29 is 19.5 Å². The second kappa shape index (κ2) is 5.81. The van der Waals surface area contributed by atoms with Gasteiger partial charge in [-0.2, -0.15) is 0 Å². The van der Waals surface area contributed by atoms with E-state index in [9.17, 15) is 9.59 Å². The number of hydrogen-bond donors (Lipinski definition) is 2. The topological polar surface area (TPSA) is 115 Å². The molecule has 3 N–H and O–H groups in total. The third kappa shape index (κ3) is 3.31. The summed E-state index contributed by atoms with van der Waals surface area (Å²) in [5.41, 5.74) is 5.71. The van der Waals surface area contributed by atoms with Gasteiger partial charge in [0.2, 0.25) is 0 Å². The average molecular weight is 243 g/mol. The van der Waals surface area contributed by atoms with Gasteiger partial charge in [0.25, 0.3) is 0 Å². The Balaban J connectivity index is 2.65. The zero-order valence-corrected chi connectivity index (χ0v) is 8.88. The number of hydrogen-bond acceptors (Lipinski definition) is 7. The lowest BCUT2D eigenvalue weighted by Gasteiger charge is -2.07. The Morgan fingerprint density at radius 1 is 1.81 bits per heavy atom. The highest BCUT2D eigenvalue weighted by Gasteiger charge is 2.23. The van der Waals surface area contributed by atoms with Crippen LogP contribution in [0.3, 0.4) is 0 Å². The highest BCUT2D eigenvalue weighted by molar-refractivity contribution is 7.13. The molecule has 0 bridgehead atoms. The second-order valence-electron chi connectivity index (χ2n) is 2.69. The number of carboxylic acid groups (broad SMARTS) is 1. The number of nitrogen functional groups attached to an aromatic ring is 1. The minimum atomic E-state index is -1.09. The molecule has 1 rings (SSSR count). The molecular weight excluding hydrogens is 234 g/mol. The molecule has 7 nitrogen and oxygen atoms in total. The molecule has 0 amide bonds. The van der Waals surface area contributed by atoms with E-state index in [4.69, 9.17) is 10.8 Å². The molecule has 0 spiro atoms. The van der Waals surface area contributed by atoms with Crippen LogP contribution in [0.4, 0.5) is 5.13 Å². The van der Waals surface area contributed by atoms with E-state index in [2.05, 4.69) is 15.0 Å². The standard InChI is InChI=1S/C8H9N3O4S/c9-8-11-6(4-16-8)5(7(13)14)3-15-10-1-2-12/h1-2,4-5H,3H2,(H2,9,11)(H,13,14)/b10-1+. The maximum atomic E-state index is 10.9. The van der Waals surface area contributed by atoms with E-state index in [1.54, 1.807) is 5.38 Å². The van der Waals surface area contributed by atoms with Gasteiger partial charge in [-0.1, -0.05) is 5.16 Å². The average Bonchev–Trinajstić information content (AvgIpc) is 2.64. The van der Waals surface area contributed by atoms with Crippen LogP contribution in [0.2, 0.25) is 0 Å². The fraction of sp³-hybridized carbons (Fsp3) is 0.250. The number of thiazole rings is 1. The Hall–Kier alpha value is -1.96. The van der Waals surface area contributed by atoms with E-state index < -0.39 is 11.9 Å². The number of anilines is 1. The quantitative estimate of drug-likeness (QED) is 0.416. The normalized spacial score (nSPS) is 12.5. The summed E-state index contributed by atoms with van der Waals surface area (Å²) in [5, 5.41) is 14.0. The Morgan fingerprint density at radius 2 is 2.56 bits per heavy atom. The smallest absolute Gasteiger partial charge is 0.316 e. The second-order valence-corrected chi connectivity index (χ2v) is 3.58. The first-order valence-electron chi connectivity index (χ1n) is 4.18. The van der Waals surface area contributed by atoms with Gasteiger partial charge in [-0.25, -0.2) is 4.98 Å². The van der Waals surface area contributed by atoms with Crippen molar-refractivity contribution in [3.8, 4) is 0 Å². The number of carbonyl (C=O) groups is 2. The number of rotatable bonds is 6. The van der Waals surface area contributed by atoms with E-state index in [-0.39, 0.29) is 11.7 Å². The predicted octanol–water partition coefficient (Wildman–Crippen LogP) is 0.0948. The van der Waals surface area contributed by atoms with Gasteiger partial charge in [0, 0.05) is 5.38 Å². The van der Waals surface area contributed by atoms with Crippen molar-refractivity contribution in [3.05, 3.63) is 11.1 Å². The van der Waals surface area contributed by atoms with Gasteiger partial charge in [-0.05, 0) is 0 Å². The zero-order chi connectivity index (χ0) is 12.0. The number of carbonyl (C=O) groups excluding carboxylic acids is 1. The molecule has 0 fully saturated rings. The van der Waals surface area contributed by atoms with E-state index in [0.29, 0.717) is 12.0 Å². The summed E-state index contributed by atoms with van der Waals surface area (Å²) in [5.74, 6) is -2.04. The van der Waals surface area contributed by atoms with Crippen molar-refractivity contribution in [1.29, 1.82) is 0 Å². The van der Waals surface area contributed by atoms with Crippen LogP contribution in [0, 0.1) is 0 Å². The van der Waals surface area contributed by atoms with Gasteiger partial charge in [0.05, 0.1) is 5.69 Å². The number of aromatic nitrogens is 1. The van der Waals surface area contributed by atoms with Crippen molar-refractivity contribution in [2.75, 3.05) is 12.3 Å². The molecule has 0 saturated heterocycles. The van der Waals surface area contributed by atoms with Crippen LogP contribution in [0.1, 0.15) is 11.6 Å². The molecule has 1 heterocycles. The van der Waals surface area contributed by atoms with E-state index in [1.165, 1.54) is 0 Å². The number of oxime groups is 1. The van der Waals surface area contributed by atoms with Crippen molar-refractivity contribution in [2.24, 2.45) is 5.16 Å². The van der Waals surface area contributed by atoms with E-state index in [1.807, 2.05) is 0 Å². The summed E-state index contributed by atoms with van der Waals surface area (Å²) in [6, 6.07) is 0. The fourth-order valence-corrected chi connectivity index (χ4v) is 1.55. The summed E-state index contributed by atoms with van der Waals surface area (Å²) in [6.45, 7) is -0.206. The minimum absolute atomic E-state index is 0.206. The number of nitrogens with two attached hydrogens (primary N) is 1. The molecule has 0 aliphatic heterocycles. The Morgan fingerprint density at radius 3 is 3.06 bits per heavy atom. The molecule has 8 heteroatoms. The van der Waals surface area contributed by atoms with E-state index >= 15 is 0 Å². The maximum Gasteiger partial charge on any atom is 0.316 e. The molecule has 16 heavy (non-hydrogen) atoms. The lowest BCUT2D eigenvalue weighted by molar-refractivity contribution is -0.140. The molecule has 0 aliphatic carbocycles. The van der Waals surface area contributed by atoms with Gasteiger partial charge in [0.1, 0.15) is 18.7 Å².